The lowest BCUT2D eigenvalue weighted by Crippen LogP contribution is -2.27. The summed E-state index contributed by atoms with van der Waals surface area (Å²) in [6.45, 7) is 6.15. The fourth-order valence-corrected chi connectivity index (χ4v) is 2.02. The fraction of sp³-hybridized carbons (Fsp3) is 0.714. The Kier molecular flexibility index (Phi) is 7.71. The predicted octanol–water partition coefficient (Wildman–Crippen LogP) is 1.42. The molecular formula is C14H25ClN4O2. The van der Waals surface area contributed by atoms with E-state index in [4.69, 9.17) is 16.7 Å². The zero-order valence-corrected chi connectivity index (χ0v) is 13.7. The molecule has 0 bridgehead atoms. The first-order chi connectivity index (χ1) is 9.97. The van der Waals surface area contributed by atoms with Crippen molar-refractivity contribution in [2.75, 3.05) is 32.1 Å². The van der Waals surface area contributed by atoms with Crippen LogP contribution in [-0.4, -0.2) is 52.6 Å². The Morgan fingerprint density at radius 2 is 2.19 bits per heavy atom. The Morgan fingerprint density at radius 1 is 1.48 bits per heavy atom. The maximum atomic E-state index is 11.8. The van der Waals surface area contributed by atoms with E-state index in [-0.39, 0.29) is 23.7 Å². The van der Waals surface area contributed by atoms with E-state index in [1.54, 1.807) is 0 Å². The van der Waals surface area contributed by atoms with Crippen LogP contribution in [0.1, 0.15) is 26.7 Å². The largest absolute Gasteiger partial charge is 0.394 e. The van der Waals surface area contributed by atoms with Crippen LogP contribution in [0.3, 0.4) is 0 Å². The number of halogens is 1. The van der Waals surface area contributed by atoms with Crippen LogP contribution in [0.2, 0.25) is 5.02 Å². The third kappa shape index (κ3) is 5.65. The van der Waals surface area contributed by atoms with Gasteiger partial charge in [0.15, 0.2) is 0 Å². The third-order valence-electron chi connectivity index (χ3n) is 3.43. The van der Waals surface area contributed by atoms with Crippen molar-refractivity contribution in [3.05, 3.63) is 21.6 Å². The van der Waals surface area contributed by atoms with Gasteiger partial charge in [-0.2, -0.15) is 5.10 Å². The Bertz CT molecular complexity index is 490. The zero-order valence-electron chi connectivity index (χ0n) is 13.0. The number of aliphatic hydroxyl groups excluding tert-OH is 1. The van der Waals surface area contributed by atoms with Gasteiger partial charge in [0.2, 0.25) is 0 Å². The van der Waals surface area contributed by atoms with E-state index in [1.165, 1.54) is 6.20 Å². The maximum Gasteiger partial charge on any atom is 0.287 e. The van der Waals surface area contributed by atoms with Crippen LogP contribution in [0.4, 0.5) is 5.69 Å². The van der Waals surface area contributed by atoms with E-state index in [2.05, 4.69) is 36.2 Å². The summed E-state index contributed by atoms with van der Waals surface area (Å²) in [6.07, 6.45) is 3.60. The standard InChI is InChI=1S/C14H25ClN4O2/c1-11(2)18(3)7-5-4-6-16-12-10-17-19(8-9-20)14(21)13(12)15/h10-11,16,20H,4-9H2,1-3H3. The first-order valence-corrected chi connectivity index (χ1v) is 7.65. The van der Waals surface area contributed by atoms with Crippen molar-refractivity contribution in [2.45, 2.75) is 39.3 Å². The molecule has 0 saturated heterocycles. The molecule has 1 aromatic heterocycles. The molecular weight excluding hydrogens is 292 g/mol. The van der Waals surface area contributed by atoms with Crippen LogP contribution in [0, 0.1) is 0 Å². The molecule has 7 heteroatoms. The van der Waals surface area contributed by atoms with Crippen molar-refractivity contribution < 1.29 is 5.11 Å². The summed E-state index contributed by atoms with van der Waals surface area (Å²) >= 11 is 6.01. The smallest absolute Gasteiger partial charge is 0.287 e. The zero-order chi connectivity index (χ0) is 15.8. The van der Waals surface area contributed by atoms with Crippen molar-refractivity contribution in [3.63, 3.8) is 0 Å². The lowest BCUT2D eigenvalue weighted by molar-refractivity contribution is 0.266. The molecule has 0 aliphatic heterocycles. The Labute approximate surface area is 130 Å². The topological polar surface area (TPSA) is 70.4 Å². The Morgan fingerprint density at radius 3 is 2.81 bits per heavy atom. The fourth-order valence-electron chi connectivity index (χ4n) is 1.81. The van der Waals surface area contributed by atoms with Gasteiger partial charge in [0.25, 0.3) is 5.56 Å². The van der Waals surface area contributed by atoms with Gasteiger partial charge in [-0.25, -0.2) is 4.68 Å². The number of hydrogen-bond acceptors (Lipinski definition) is 5. The monoisotopic (exact) mass is 316 g/mol. The predicted molar refractivity (Wildman–Crippen MR) is 86.1 cm³/mol. The first kappa shape index (κ1) is 17.9. The molecule has 6 nitrogen and oxygen atoms in total. The minimum Gasteiger partial charge on any atom is -0.394 e. The quantitative estimate of drug-likeness (QED) is 0.674. The molecule has 1 rings (SSSR count). The Balaban J connectivity index is 2.43. The van der Waals surface area contributed by atoms with Crippen LogP contribution in [0.25, 0.3) is 0 Å². The molecule has 0 amide bonds. The van der Waals surface area contributed by atoms with E-state index in [0.717, 1.165) is 30.6 Å². The summed E-state index contributed by atoms with van der Waals surface area (Å²) < 4.78 is 1.16. The van der Waals surface area contributed by atoms with Crippen molar-refractivity contribution in [2.24, 2.45) is 0 Å². The minimum atomic E-state index is -0.379. The average Bonchev–Trinajstić information content (AvgIpc) is 2.45. The SMILES string of the molecule is CC(C)N(C)CCCCNc1cnn(CCO)c(=O)c1Cl. The molecule has 0 unspecified atom stereocenters. The van der Waals surface area contributed by atoms with E-state index >= 15 is 0 Å². The van der Waals surface area contributed by atoms with Gasteiger partial charge in [-0.05, 0) is 40.3 Å². The highest BCUT2D eigenvalue weighted by Gasteiger charge is 2.08. The highest BCUT2D eigenvalue weighted by atomic mass is 35.5. The Hall–Kier alpha value is -1.11. The van der Waals surface area contributed by atoms with Crippen LogP contribution >= 0.6 is 11.6 Å². The highest BCUT2D eigenvalue weighted by molar-refractivity contribution is 6.32. The first-order valence-electron chi connectivity index (χ1n) is 7.28. The summed E-state index contributed by atoms with van der Waals surface area (Å²) in [7, 11) is 2.11. The summed E-state index contributed by atoms with van der Waals surface area (Å²) in [4.78, 5) is 14.1. The van der Waals surface area contributed by atoms with Gasteiger partial charge < -0.3 is 15.3 Å². The van der Waals surface area contributed by atoms with E-state index in [0.29, 0.717) is 11.7 Å². The van der Waals surface area contributed by atoms with E-state index < -0.39 is 0 Å². The molecule has 0 spiro atoms. The molecule has 0 aliphatic rings. The second-order valence-corrected chi connectivity index (χ2v) is 5.71. The van der Waals surface area contributed by atoms with Gasteiger partial charge >= 0.3 is 0 Å². The van der Waals surface area contributed by atoms with Gasteiger partial charge in [-0.15, -0.1) is 0 Å². The van der Waals surface area contributed by atoms with Crippen molar-refractivity contribution >= 4 is 17.3 Å². The number of aromatic nitrogens is 2. The molecule has 1 heterocycles. The number of anilines is 1. The van der Waals surface area contributed by atoms with Gasteiger partial charge in [-0.3, -0.25) is 4.79 Å². The van der Waals surface area contributed by atoms with E-state index in [1.807, 2.05) is 0 Å². The molecule has 2 N–H and O–H groups in total. The number of unbranched alkanes of at least 4 members (excludes halogenated alkanes) is 1. The number of nitrogens with zero attached hydrogens (tertiary/aromatic N) is 3. The molecule has 1 aromatic rings. The highest BCUT2D eigenvalue weighted by Crippen LogP contribution is 2.15. The van der Waals surface area contributed by atoms with Gasteiger partial charge in [0.1, 0.15) is 5.02 Å². The molecule has 0 fully saturated rings. The van der Waals surface area contributed by atoms with Gasteiger partial charge in [0, 0.05) is 12.6 Å². The van der Waals surface area contributed by atoms with E-state index in [9.17, 15) is 4.79 Å². The van der Waals surface area contributed by atoms with Crippen LogP contribution in [-0.2, 0) is 6.54 Å². The average molecular weight is 317 g/mol. The van der Waals surface area contributed by atoms with Crippen molar-refractivity contribution in [1.82, 2.24) is 14.7 Å². The number of aliphatic hydroxyl groups is 1. The van der Waals surface area contributed by atoms with Gasteiger partial charge in [0.05, 0.1) is 25.0 Å². The molecule has 0 radical (unpaired) electrons. The second-order valence-electron chi connectivity index (χ2n) is 5.33. The minimum absolute atomic E-state index is 0.123. The number of nitrogens with one attached hydrogen (secondary N) is 1. The molecule has 0 aromatic carbocycles. The van der Waals surface area contributed by atoms with Gasteiger partial charge in [-0.1, -0.05) is 11.6 Å². The molecule has 0 atom stereocenters. The molecule has 21 heavy (non-hydrogen) atoms. The summed E-state index contributed by atoms with van der Waals surface area (Å²) in [5.41, 5.74) is 0.170. The van der Waals surface area contributed by atoms with Crippen molar-refractivity contribution in [3.8, 4) is 0 Å². The number of rotatable bonds is 9. The van der Waals surface area contributed by atoms with Crippen LogP contribution < -0.4 is 10.9 Å². The van der Waals surface area contributed by atoms with Crippen LogP contribution in [0.15, 0.2) is 11.0 Å². The normalized spacial score (nSPS) is 11.4. The lowest BCUT2D eigenvalue weighted by Gasteiger charge is -2.20. The van der Waals surface area contributed by atoms with Crippen molar-refractivity contribution in [1.29, 1.82) is 0 Å². The van der Waals surface area contributed by atoms with Crippen LogP contribution in [0.5, 0.6) is 0 Å². The summed E-state index contributed by atoms with van der Waals surface area (Å²) in [5, 5.41) is 16.1. The third-order valence-corrected chi connectivity index (χ3v) is 3.80. The molecule has 0 aliphatic carbocycles. The summed E-state index contributed by atoms with van der Waals surface area (Å²) in [6, 6.07) is 0.552. The second kappa shape index (κ2) is 9.02. The maximum absolute atomic E-state index is 11.8. The molecule has 120 valence electrons. The summed E-state index contributed by atoms with van der Waals surface area (Å²) in [5.74, 6) is 0. The molecule has 0 saturated carbocycles. The lowest BCUT2D eigenvalue weighted by atomic mass is 10.2. The number of hydrogen-bond donors (Lipinski definition) is 2.